The zero-order chi connectivity index (χ0) is 34.0. The maximum atomic E-state index is 13.9. The highest BCUT2D eigenvalue weighted by molar-refractivity contribution is 6.32. The normalized spacial score (nSPS) is 30.8. The van der Waals surface area contributed by atoms with Crippen LogP contribution in [0.3, 0.4) is 0 Å². The van der Waals surface area contributed by atoms with Crippen molar-refractivity contribution < 1.29 is 43.2 Å². The van der Waals surface area contributed by atoms with Gasteiger partial charge in [-0.1, -0.05) is 38.2 Å². The number of nitrogens with two attached hydrogens (primary N) is 1. The highest BCUT2D eigenvalue weighted by atomic mass is 16.6. The smallest absolute Gasteiger partial charge is 0.405 e. The average Bonchev–Trinajstić information content (AvgIpc) is 2.98. The number of fused-ring (bicyclic) bond motifs is 2. The topological polar surface area (TPSA) is 179 Å². The number of amides is 2. The zero-order valence-corrected chi connectivity index (χ0v) is 27.5. The third-order valence-electron chi connectivity index (χ3n) is 7.56. The quantitative estimate of drug-likeness (QED) is 0.171. The van der Waals surface area contributed by atoms with Crippen LogP contribution >= 0.6 is 0 Å². The molecule has 248 valence electrons. The second-order valence-corrected chi connectivity index (χ2v) is 11.4. The first-order valence-electron chi connectivity index (χ1n) is 14.5. The Balaban J connectivity index is 2.75. The molecule has 2 bridgehead atoms. The van der Waals surface area contributed by atoms with Gasteiger partial charge in [-0.15, -0.1) is 0 Å². The van der Waals surface area contributed by atoms with Gasteiger partial charge < -0.3 is 40.1 Å². The summed E-state index contributed by atoms with van der Waals surface area (Å²) in [5, 5.41) is 19.4. The fourth-order valence-electron chi connectivity index (χ4n) is 5.17. The number of aliphatic hydroxyl groups excluding tert-OH is 1. The van der Waals surface area contributed by atoms with E-state index in [0.29, 0.717) is 12.0 Å². The molecule has 13 nitrogen and oxygen atoms in total. The second kappa shape index (κ2) is 16.8. The third-order valence-corrected chi connectivity index (χ3v) is 7.56. The third kappa shape index (κ3) is 9.71. The van der Waals surface area contributed by atoms with Crippen LogP contribution in [0, 0.1) is 11.8 Å². The van der Waals surface area contributed by atoms with E-state index in [4.69, 9.17) is 24.7 Å². The summed E-state index contributed by atoms with van der Waals surface area (Å²) in [7, 11) is 7.49. The van der Waals surface area contributed by atoms with Crippen molar-refractivity contribution in [2.45, 2.75) is 65.0 Å². The van der Waals surface area contributed by atoms with Gasteiger partial charge in [0, 0.05) is 45.4 Å². The summed E-state index contributed by atoms with van der Waals surface area (Å²) in [4.78, 5) is 52.6. The Morgan fingerprint density at radius 1 is 1.11 bits per heavy atom. The van der Waals surface area contributed by atoms with E-state index in [2.05, 4.69) is 10.4 Å². The van der Waals surface area contributed by atoms with Crippen molar-refractivity contribution in [2.24, 2.45) is 22.7 Å². The summed E-state index contributed by atoms with van der Waals surface area (Å²) < 4.78 is 22.0. The number of aliphatic hydroxyl groups is 1. The van der Waals surface area contributed by atoms with Gasteiger partial charge in [-0.25, -0.2) is 4.79 Å². The van der Waals surface area contributed by atoms with E-state index < -0.39 is 53.9 Å². The molecule has 2 rings (SSSR count). The van der Waals surface area contributed by atoms with E-state index in [1.165, 1.54) is 51.6 Å². The zero-order valence-electron chi connectivity index (χ0n) is 27.5. The molecular formula is C32H46N4O9. The molecule has 1 heterocycles. The Hall–Kier alpha value is -4.07. The molecule has 0 aromatic heterocycles. The van der Waals surface area contributed by atoms with Crippen LogP contribution in [0.1, 0.15) is 40.5 Å². The summed E-state index contributed by atoms with van der Waals surface area (Å²) >= 11 is 0. The molecule has 0 aromatic carbocycles. The SMILES string of the molecule is COC1=C2CC(C)CC(OC)[C@@H](O)[C@H](C)/C=C(\C)[C@@H](OC(N)=O)[C@H](OC)/C=C\C=C(/C)C(=O)NC(=C(/C=N/N(C)C)C1=O)C2=O. The highest BCUT2D eigenvalue weighted by Gasteiger charge is 2.37. The Bertz CT molecular complexity index is 1330. The number of hydrazone groups is 1. The number of nitrogens with zero attached hydrogens (tertiary/aromatic N) is 2. The fourth-order valence-corrected chi connectivity index (χ4v) is 5.17. The first-order valence-corrected chi connectivity index (χ1v) is 14.5. The van der Waals surface area contributed by atoms with Gasteiger partial charge in [0.1, 0.15) is 11.8 Å². The maximum absolute atomic E-state index is 13.9. The van der Waals surface area contributed by atoms with Crippen LogP contribution in [0.15, 0.2) is 63.2 Å². The number of primary amides is 1. The number of rotatable bonds is 6. The number of hydrogen-bond acceptors (Lipinski definition) is 11. The standard InChI is InChI=1S/C32H46N4O9/c1-17-13-21-27(38)25(22(16-34-36(5)6)28(39)30(21)44-9)35-31(40)18(2)11-10-12-23(42-7)29(45-32(33)41)20(4)15-19(3)26(37)24(14-17)43-8/h10-12,15-17,19,23-24,26,29,37H,13-14H2,1-9H3,(H2,33,41)(H,35,40)/b12-10-,18-11+,20-15+,34-16+/t17?,19-,23-,24?,26+,29-/m1/s1. The Labute approximate surface area is 264 Å². The Morgan fingerprint density at radius 2 is 1.78 bits per heavy atom. The van der Waals surface area contributed by atoms with Crippen molar-refractivity contribution >= 4 is 29.8 Å². The van der Waals surface area contributed by atoms with E-state index in [-0.39, 0.29) is 40.5 Å². The highest BCUT2D eigenvalue weighted by Crippen LogP contribution is 2.31. The number of hydrogen-bond donors (Lipinski definition) is 3. The van der Waals surface area contributed by atoms with Crippen molar-refractivity contribution in [1.82, 2.24) is 10.3 Å². The fraction of sp³-hybridized carbons (Fsp3) is 0.531. The van der Waals surface area contributed by atoms with Crippen LogP contribution in [0.4, 0.5) is 4.79 Å². The molecule has 6 atom stereocenters. The molecule has 2 aliphatic rings. The molecule has 0 radical (unpaired) electrons. The lowest BCUT2D eigenvalue weighted by atomic mass is 9.84. The number of nitrogens with one attached hydrogen (secondary N) is 1. The van der Waals surface area contributed by atoms with Gasteiger partial charge in [0.05, 0.1) is 31.1 Å². The van der Waals surface area contributed by atoms with E-state index in [1.54, 1.807) is 40.1 Å². The van der Waals surface area contributed by atoms with Crippen molar-refractivity contribution in [1.29, 1.82) is 0 Å². The van der Waals surface area contributed by atoms with Gasteiger partial charge in [-0.2, -0.15) is 5.10 Å². The molecule has 2 unspecified atom stereocenters. The molecule has 0 aromatic rings. The Kier molecular flexibility index (Phi) is 13.9. The number of carbonyl (C=O) groups is 4. The minimum atomic E-state index is -1.01. The number of Topliss-reactive ketones (excluding diaryl/α,β-unsaturated/α-hetero) is 2. The molecule has 0 saturated heterocycles. The molecule has 4 N–H and O–H groups in total. The predicted octanol–water partition coefficient (Wildman–Crippen LogP) is 2.33. The van der Waals surface area contributed by atoms with Crippen LogP contribution in [-0.2, 0) is 33.3 Å². The lowest BCUT2D eigenvalue weighted by Gasteiger charge is -2.30. The van der Waals surface area contributed by atoms with Crippen molar-refractivity contribution in [2.75, 3.05) is 35.4 Å². The molecule has 1 aliphatic heterocycles. The monoisotopic (exact) mass is 630 g/mol. The number of ether oxygens (including phenoxy) is 4. The van der Waals surface area contributed by atoms with E-state index in [1.807, 2.05) is 6.92 Å². The summed E-state index contributed by atoms with van der Waals surface area (Å²) in [6, 6.07) is 0. The van der Waals surface area contributed by atoms with Crippen LogP contribution in [0.25, 0.3) is 0 Å². The van der Waals surface area contributed by atoms with Gasteiger partial charge in [0.15, 0.2) is 11.9 Å². The minimum Gasteiger partial charge on any atom is -0.492 e. The number of carbonyl (C=O) groups excluding carboxylic acids is 4. The number of allylic oxidation sites excluding steroid dienone is 4. The second-order valence-electron chi connectivity index (χ2n) is 11.4. The predicted molar refractivity (Wildman–Crippen MR) is 168 cm³/mol. The minimum absolute atomic E-state index is 0.0919. The maximum Gasteiger partial charge on any atom is 0.405 e. The van der Waals surface area contributed by atoms with Crippen LogP contribution in [-0.4, -0.2) is 99.7 Å². The molecule has 45 heavy (non-hydrogen) atoms. The largest absolute Gasteiger partial charge is 0.492 e. The van der Waals surface area contributed by atoms with E-state index >= 15 is 0 Å². The van der Waals surface area contributed by atoms with E-state index in [0.717, 1.165) is 0 Å². The van der Waals surface area contributed by atoms with Gasteiger partial charge >= 0.3 is 6.09 Å². The molecule has 2 amide bonds. The number of methoxy groups -OCH3 is 3. The van der Waals surface area contributed by atoms with Crippen molar-refractivity contribution in [3.63, 3.8) is 0 Å². The lowest BCUT2D eigenvalue weighted by molar-refractivity contribution is -0.121. The van der Waals surface area contributed by atoms with Gasteiger partial charge in [-0.3, -0.25) is 14.4 Å². The summed E-state index contributed by atoms with van der Waals surface area (Å²) in [5.41, 5.74) is 5.87. The van der Waals surface area contributed by atoms with Crippen molar-refractivity contribution in [3.8, 4) is 0 Å². The van der Waals surface area contributed by atoms with Gasteiger partial charge in [0.25, 0.3) is 5.91 Å². The summed E-state index contributed by atoms with van der Waals surface area (Å²) in [5.74, 6) is -2.70. The molecule has 1 aliphatic carbocycles. The lowest BCUT2D eigenvalue weighted by Crippen LogP contribution is -2.38. The van der Waals surface area contributed by atoms with Crippen LogP contribution in [0.2, 0.25) is 0 Å². The first-order chi connectivity index (χ1) is 21.2. The molecular weight excluding hydrogens is 584 g/mol. The first kappa shape index (κ1) is 37.1. The summed E-state index contributed by atoms with van der Waals surface area (Å²) in [6.07, 6.45) is 3.55. The number of ketones is 2. The van der Waals surface area contributed by atoms with E-state index in [9.17, 15) is 24.3 Å². The van der Waals surface area contributed by atoms with Crippen molar-refractivity contribution in [3.05, 3.63) is 58.1 Å². The van der Waals surface area contributed by atoms with Crippen LogP contribution in [0.5, 0.6) is 0 Å². The summed E-state index contributed by atoms with van der Waals surface area (Å²) in [6.45, 7) is 6.90. The van der Waals surface area contributed by atoms with Gasteiger partial charge in [0.2, 0.25) is 11.6 Å². The van der Waals surface area contributed by atoms with Crippen LogP contribution < -0.4 is 11.1 Å². The molecule has 0 saturated carbocycles. The molecule has 13 heteroatoms. The Morgan fingerprint density at radius 3 is 2.33 bits per heavy atom. The molecule has 0 fully saturated rings. The average molecular weight is 631 g/mol. The van der Waals surface area contributed by atoms with Gasteiger partial charge in [-0.05, 0) is 38.2 Å². The molecule has 0 spiro atoms.